The molecule has 2 heteroatoms. The van der Waals surface area contributed by atoms with Crippen LogP contribution in [0.15, 0.2) is 0 Å². The maximum Gasteiger partial charge on any atom is 0.102 e. The topological polar surface area (TPSA) is 19.9 Å². The van der Waals surface area contributed by atoms with Crippen molar-refractivity contribution in [3.8, 4) is 0 Å². The number of hydrogen-bond donors (Lipinski definition) is 0. The zero-order valence-corrected chi connectivity index (χ0v) is 17.8. The molecule has 1 radical (unpaired) electrons. The molecule has 0 aliphatic rings. The predicted molar refractivity (Wildman–Crippen MR) is 112 cm³/mol. The van der Waals surface area contributed by atoms with E-state index in [0.29, 0.717) is 5.25 Å². The lowest BCUT2D eigenvalue weighted by Crippen LogP contribution is -2.18. The van der Waals surface area contributed by atoms with Crippen LogP contribution in [0.2, 0.25) is 0 Å². The monoisotopic (exact) mass is 357 g/mol. The minimum atomic E-state index is -0.399. The van der Waals surface area contributed by atoms with Gasteiger partial charge in [-0.3, -0.25) is 0 Å². The lowest BCUT2D eigenvalue weighted by atomic mass is 10.1. The molecule has 145 valence electrons. The van der Waals surface area contributed by atoms with Gasteiger partial charge >= 0.3 is 0 Å². The Morgan fingerprint density at radius 2 is 1.04 bits per heavy atom. The first-order valence-corrected chi connectivity index (χ1v) is 12.0. The quantitative estimate of drug-likeness (QED) is 0.213. The fourth-order valence-corrected chi connectivity index (χ4v) is 4.50. The highest BCUT2D eigenvalue weighted by molar-refractivity contribution is 7.99. The molecule has 1 nitrogen and oxygen atoms in total. The maximum absolute atomic E-state index is 11.8. The van der Waals surface area contributed by atoms with Crippen molar-refractivity contribution in [2.75, 3.05) is 5.75 Å². The van der Waals surface area contributed by atoms with E-state index in [9.17, 15) is 5.11 Å². The lowest BCUT2D eigenvalue weighted by Gasteiger charge is -2.18. The summed E-state index contributed by atoms with van der Waals surface area (Å²) in [5.41, 5.74) is 0. The Hall–Kier alpha value is 0.310. The van der Waals surface area contributed by atoms with Gasteiger partial charge in [-0.1, -0.05) is 104 Å². The molecule has 0 amide bonds. The standard InChI is InChI=1S/C22H45OS/c1-4-6-8-10-11-12-13-14-16-18-20-24-22(21(3)23)19-17-15-9-7-5-2/h21-22H,4-20H2,1-3H3. The molecular weight excluding hydrogens is 312 g/mol. The van der Waals surface area contributed by atoms with Crippen molar-refractivity contribution in [1.82, 2.24) is 0 Å². The first kappa shape index (κ1) is 24.3. The van der Waals surface area contributed by atoms with Crippen LogP contribution >= 0.6 is 11.8 Å². The van der Waals surface area contributed by atoms with Gasteiger partial charge in [-0.05, 0) is 25.5 Å². The minimum Gasteiger partial charge on any atom is -0.232 e. The van der Waals surface area contributed by atoms with E-state index in [2.05, 4.69) is 13.8 Å². The number of thioether (sulfide) groups is 1. The summed E-state index contributed by atoms with van der Waals surface area (Å²) in [6.45, 7) is 6.40. The van der Waals surface area contributed by atoms with Gasteiger partial charge in [-0.2, -0.15) is 11.8 Å². The number of unbranched alkanes of at least 4 members (excludes halogenated alkanes) is 13. The molecule has 0 saturated heterocycles. The van der Waals surface area contributed by atoms with E-state index in [0.717, 1.165) is 6.42 Å². The second-order valence-corrected chi connectivity index (χ2v) is 8.85. The molecule has 0 bridgehead atoms. The van der Waals surface area contributed by atoms with Crippen molar-refractivity contribution in [2.24, 2.45) is 0 Å². The molecule has 2 unspecified atom stereocenters. The second-order valence-electron chi connectivity index (χ2n) is 7.50. The van der Waals surface area contributed by atoms with Gasteiger partial charge in [-0.25, -0.2) is 5.11 Å². The molecule has 0 heterocycles. The van der Waals surface area contributed by atoms with Gasteiger partial charge in [0, 0.05) is 5.25 Å². The van der Waals surface area contributed by atoms with E-state index in [1.54, 1.807) is 0 Å². The molecule has 0 spiro atoms. The average Bonchev–Trinajstić information content (AvgIpc) is 2.57. The highest BCUT2D eigenvalue weighted by Crippen LogP contribution is 2.23. The van der Waals surface area contributed by atoms with E-state index in [1.165, 1.54) is 102 Å². The van der Waals surface area contributed by atoms with E-state index in [1.807, 2.05) is 18.7 Å². The van der Waals surface area contributed by atoms with Gasteiger partial charge in [0.15, 0.2) is 0 Å². The molecule has 0 aromatic carbocycles. The highest BCUT2D eigenvalue weighted by atomic mass is 32.2. The van der Waals surface area contributed by atoms with Gasteiger partial charge in [0.1, 0.15) is 6.10 Å². The van der Waals surface area contributed by atoms with Gasteiger partial charge in [0.05, 0.1) is 0 Å². The third kappa shape index (κ3) is 17.1. The van der Waals surface area contributed by atoms with Crippen LogP contribution in [0.1, 0.15) is 124 Å². The molecule has 0 aliphatic heterocycles. The molecular formula is C22H45OS. The van der Waals surface area contributed by atoms with Crippen molar-refractivity contribution >= 4 is 11.8 Å². The zero-order chi connectivity index (χ0) is 17.9. The highest BCUT2D eigenvalue weighted by Gasteiger charge is 2.16. The molecule has 0 saturated carbocycles. The van der Waals surface area contributed by atoms with Gasteiger partial charge in [-0.15, -0.1) is 0 Å². The summed E-state index contributed by atoms with van der Waals surface area (Å²) in [6.07, 6.45) is 21.3. The first-order valence-electron chi connectivity index (χ1n) is 11.0. The summed E-state index contributed by atoms with van der Waals surface area (Å²) in [4.78, 5) is 0. The van der Waals surface area contributed by atoms with Gasteiger partial charge < -0.3 is 0 Å². The van der Waals surface area contributed by atoms with E-state index in [4.69, 9.17) is 0 Å². The van der Waals surface area contributed by atoms with Gasteiger partial charge in [0.25, 0.3) is 0 Å². The summed E-state index contributed by atoms with van der Waals surface area (Å²) in [5, 5.41) is 12.2. The SMILES string of the molecule is CCCCCCCCCCCCSC(CCCCCCC)C(C)[O]. The Balaban J connectivity index is 3.40. The van der Waals surface area contributed by atoms with Crippen LogP contribution in [-0.4, -0.2) is 17.1 Å². The Morgan fingerprint density at radius 3 is 1.50 bits per heavy atom. The number of rotatable bonds is 19. The normalized spacial score (nSPS) is 14.0. The third-order valence-corrected chi connectivity index (χ3v) is 6.52. The van der Waals surface area contributed by atoms with Crippen molar-refractivity contribution in [2.45, 2.75) is 135 Å². The van der Waals surface area contributed by atoms with Crippen LogP contribution in [0.25, 0.3) is 0 Å². The molecule has 24 heavy (non-hydrogen) atoms. The van der Waals surface area contributed by atoms with Crippen LogP contribution in [0.3, 0.4) is 0 Å². The van der Waals surface area contributed by atoms with Crippen LogP contribution in [0.4, 0.5) is 0 Å². The molecule has 0 aromatic heterocycles. The zero-order valence-electron chi connectivity index (χ0n) is 17.0. The van der Waals surface area contributed by atoms with E-state index in [-0.39, 0.29) is 0 Å². The molecule has 0 rings (SSSR count). The Labute approximate surface area is 157 Å². The number of hydrogen-bond acceptors (Lipinski definition) is 1. The van der Waals surface area contributed by atoms with Crippen LogP contribution < -0.4 is 0 Å². The Morgan fingerprint density at radius 1 is 0.625 bits per heavy atom. The van der Waals surface area contributed by atoms with Crippen molar-refractivity contribution in [3.63, 3.8) is 0 Å². The summed E-state index contributed by atoms with van der Waals surface area (Å²) in [5.74, 6) is 1.20. The van der Waals surface area contributed by atoms with Gasteiger partial charge in [0.2, 0.25) is 0 Å². The van der Waals surface area contributed by atoms with Crippen molar-refractivity contribution < 1.29 is 5.11 Å². The van der Waals surface area contributed by atoms with E-state index < -0.39 is 6.10 Å². The fourth-order valence-electron chi connectivity index (χ4n) is 3.23. The Kier molecular flexibility index (Phi) is 19.9. The maximum atomic E-state index is 11.8. The minimum absolute atomic E-state index is 0.352. The van der Waals surface area contributed by atoms with Crippen LogP contribution in [0.5, 0.6) is 0 Å². The summed E-state index contributed by atoms with van der Waals surface area (Å²) >= 11 is 1.96. The largest absolute Gasteiger partial charge is 0.232 e. The summed E-state index contributed by atoms with van der Waals surface area (Å²) < 4.78 is 0. The molecule has 0 aromatic rings. The molecule has 0 N–H and O–H groups in total. The fraction of sp³-hybridized carbons (Fsp3) is 1.00. The lowest BCUT2D eigenvalue weighted by molar-refractivity contribution is 0.100. The van der Waals surface area contributed by atoms with Crippen LogP contribution in [-0.2, 0) is 5.11 Å². The summed E-state index contributed by atoms with van der Waals surface area (Å²) in [6, 6.07) is 0. The third-order valence-electron chi connectivity index (χ3n) is 4.95. The Bertz CT molecular complexity index is 230. The summed E-state index contributed by atoms with van der Waals surface area (Å²) in [7, 11) is 0. The van der Waals surface area contributed by atoms with Crippen LogP contribution in [0, 0.1) is 0 Å². The van der Waals surface area contributed by atoms with E-state index >= 15 is 0 Å². The average molecular weight is 358 g/mol. The first-order chi connectivity index (χ1) is 11.7. The molecule has 0 aliphatic carbocycles. The van der Waals surface area contributed by atoms with Crippen molar-refractivity contribution in [3.05, 3.63) is 0 Å². The molecule has 2 atom stereocenters. The van der Waals surface area contributed by atoms with Crippen molar-refractivity contribution in [1.29, 1.82) is 0 Å². The second kappa shape index (κ2) is 19.6. The predicted octanol–water partition coefficient (Wildman–Crippen LogP) is 8.19. The molecule has 0 fully saturated rings. The smallest absolute Gasteiger partial charge is 0.102 e.